The van der Waals surface area contributed by atoms with Crippen LogP contribution in [0, 0.1) is 0 Å². The molecule has 1 atom stereocenters. The van der Waals surface area contributed by atoms with Gasteiger partial charge in [-0.3, -0.25) is 0 Å². The second kappa shape index (κ2) is 8.34. The largest absolute Gasteiger partial charge is 0.493 e. The summed E-state index contributed by atoms with van der Waals surface area (Å²) < 4.78 is 5.87. The molecule has 2 aromatic carbocycles. The number of para-hydroxylation sites is 1. The molecular weight excluding hydrogens is 294 g/mol. The number of benzene rings is 2. The Morgan fingerprint density at radius 2 is 1.67 bits per heavy atom. The monoisotopic (exact) mass is 325 g/mol. The highest BCUT2D eigenvalue weighted by Gasteiger charge is 2.14. The number of hydrogen-bond donors (Lipinski definition) is 1. The van der Waals surface area contributed by atoms with Crippen molar-refractivity contribution in [3.05, 3.63) is 65.2 Å². The minimum absolute atomic E-state index is 0.203. The second-order valence-electron chi connectivity index (χ2n) is 7.44. The number of ether oxygens (including phenoxy) is 1. The first kappa shape index (κ1) is 18.5. The molecule has 24 heavy (non-hydrogen) atoms. The van der Waals surface area contributed by atoms with Crippen molar-refractivity contribution in [2.45, 2.75) is 59.0 Å². The van der Waals surface area contributed by atoms with Crippen LogP contribution in [0.1, 0.15) is 63.8 Å². The SMILES string of the molecule is CCCOc1ccccc1C(C)NCc1ccc(C(C)(C)C)cc1. The van der Waals surface area contributed by atoms with Crippen LogP contribution in [0.25, 0.3) is 0 Å². The molecule has 130 valence electrons. The predicted octanol–water partition coefficient (Wildman–Crippen LogP) is 5.62. The third kappa shape index (κ3) is 5.10. The maximum atomic E-state index is 5.87. The van der Waals surface area contributed by atoms with Crippen molar-refractivity contribution in [2.24, 2.45) is 0 Å². The van der Waals surface area contributed by atoms with Crippen LogP contribution in [-0.2, 0) is 12.0 Å². The number of hydrogen-bond acceptors (Lipinski definition) is 2. The van der Waals surface area contributed by atoms with Crippen LogP contribution < -0.4 is 10.1 Å². The van der Waals surface area contributed by atoms with Gasteiger partial charge in [-0.1, -0.05) is 70.2 Å². The van der Waals surface area contributed by atoms with Gasteiger partial charge in [0.15, 0.2) is 0 Å². The highest BCUT2D eigenvalue weighted by molar-refractivity contribution is 5.36. The standard InChI is InChI=1S/C22H31NO/c1-6-15-24-21-10-8-7-9-20(21)17(2)23-16-18-11-13-19(14-12-18)22(3,4)5/h7-14,17,23H,6,15-16H2,1-5H3. The van der Waals surface area contributed by atoms with Crippen LogP contribution in [0.15, 0.2) is 48.5 Å². The van der Waals surface area contributed by atoms with Gasteiger partial charge in [0.05, 0.1) is 6.61 Å². The van der Waals surface area contributed by atoms with Gasteiger partial charge in [0.1, 0.15) is 5.75 Å². The van der Waals surface area contributed by atoms with Crippen molar-refractivity contribution in [1.29, 1.82) is 0 Å². The van der Waals surface area contributed by atoms with Crippen molar-refractivity contribution in [1.82, 2.24) is 5.32 Å². The normalized spacial score (nSPS) is 12.9. The molecule has 0 spiro atoms. The Labute approximate surface area is 147 Å². The average Bonchev–Trinajstić information content (AvgIpc) is 2.57. The predicted molar refractivity (Wildman–Crippen MR) is 103 cm³/mol. The molecule has 1 unspecified atom stereocenters. The average molecular weight is 325 g/mol. The molecule has 2 aromatic rings. The number of nitrogens with one attached hydrogen (secondary N) is 1. The molecule has 0 aliphatic rings. The first-order chi connectivity index (χ1) is 11.4. The summed E-state index contributed by atoms with van der Waals surface area (Å²) in [4.78, 5) is 0. The van der Waals surface area contributed by atoms with E-state index in [1.165, 1.54) is 16.7 Å². The molecule has 0 radical (unpaired) electrons. The summed E-state index contributed by atoms with van der Waals surface area (Å²) in [5, 5.41) is 3.61. The van der Waals surface area contributed by atoms with E-state index < -0.39 is 0 Å². The molecule has 0 bridgehead atoms. The van der Waals surface area contributed by atoms with Crippen molar-refractivity contribution in [2.75, 3.05) is 6.61 Å². The van der Waals surface area contributed by atoms with Crippen LogP contribution in [0.5, 0.6) is 5.75 Å². The van der Waals surface area contributed by atoms with E-state index in [9.17, 15) is 0 Å². The lowest BCUT2D eigenvalue weighted by Crippen LogP contribution is -2.19. The summed E-state index contributed by atoms with van der Waals surface area (Å²) in [5.74, 6) is 0.988. The van der Waals surface area contributed by atoms with Crippen molar-refractivity contribution >= 4 is 0 Å². The summed E-state index contributed by atoms with van der Waals surface area (Å²) >= 11 is 0. The summed E-state index contributed by atoms with van der Waals surface area (Å²) in [6.45, 7) is 12.7. The van der Waals surface area contributed by atoms with Crippen LogP contribution in [0.3, 0.4) is 0 Å². The lowest BCUT2D eigenvalue weighted by molar-refractivity contribution is 0.310. The summed E-state index contributed by atoms with van der Waals surface area (Å²) in [6, 6.07) is 17.5. The fourth-order valence-electron chi connectivity index (χ4n) is 2.69. The van der Waals surface area contributed by atoms with Gasteiger partial charge in [-0.05, 0) is 36.0 Å². The van der Waals surface area contributed by atoms with Gasteiger partial charge in [-0.25, -0.2) is 0 Å². The lowest BCUT2D eigenvalue weighted by Gasteiger charge is -2.20. The molecule has 2 rings (SSSR count). The van der Waals surface area contributed by atoms with E-state index in [4.69, 9.17) is 4.74 Å². The topological polar surface area (TPSA) is 21.3 Å². The molecule has 1 N–H and O–H groups in total. The second-order valence-corrected chi connectivity index (χ2v) is 7.44. The Balaban J connectivity index is 1.99. The highest BCUT2D eigenvalue weighted by atomic mass is 16.5. The quantitative estimate of drug-likeness (QED) is 0.713. The molecular formula is C22H31NO. The molecule has 0 aromatic heterocycles. The third-order valence-corrected chi connectivity index (χ3v) is 4.28. The van der Waals surface area contributed by atoms with Crippen LogP contribution in [-0.4, -0.2) is 6.61 Å². The smallest absolute Gasteiger partial charge is 0.124 e. The molecule has 0 heterocycles. The minimum atomic E-state index is 0.203. The summed E-state index contributed by atoms with van der Waals surface area (Å²) in [7, 11) is 0. The first-order valence-electron chi connectivity index (χ1n) is 8.96. The van der Waals surface area contributed by atoms with E-state index in [0.29, 0.717) is 0 Å². The first-order valence-corrected chi connectivity index (χ1v) is 8.96. The fraction of sp³-hybridized carbons (Fsp3) is 0.455. The summed E-state index contributed by atoms with van der Waals surface area (Å²) in [6.07, 6.45) is 1.02. The zero-order valence-corrected chi connectivity index (χ0v) is 15.7. The van der Waals surface area contributed by atoms with Crippen molar-refractivity contribution in [3.8, 4) is 5.75 Å². The van der Waals surface area contributed by atoms with E-state index in [2.05, 4.69) is 82.4 Å². The van der Waals surface area contributed by atoms with Gasteiger partial charge in [0.25, 0.3) is 0 Å². The molecule has 0 saturated heterocycles. The van der Waals surface area contributed by atoms with Crippen molar-refractivity contribution < 1.29 is 4.74 Å². The van der Waals surface area contributed by atoms with E-state index in [-0.39, 0.29) is 11.5 Å². The van der Waals surface area contributed by atoms with Crippen LogP contribution in [0.4, 0.5) is 0 Å². The maximum absolute atomic E-state index is 5.87. The van der Waals surface area contributed by atoms with Gasteiger partial charge in [-0.15, -0.1) is 0 Å². The molecule has 2 heteroatoms. The molecule has 0 saturated carbocycles. The fourth-order valence-corrected chi connectivity index (χ4v) is 2.69. The Morgan fingerprint density at radius 3 is 2.29 bits per heavy atom. The van der Waals surface area contributed by atoms with Crippen molar-refractivity contribution in [3.63, 3.8) is 0 Å². The van der Waals surface area contributed by atoms with Gasteiger partial charge < -0.3 is 10.1 Å². The summed E-state index contributed by atoms with van der Waals surface area (Å²) in [5.41, 5.74) is 4.10. The van der Waals surface area contributed by atoms with Gasteiger partial charge in [-0.2, -0.15) is 0 Å². The maximum Gasteiger partial charge on any atom is 0.124 e. The van der Waals surface area contributed by atoms with E-state index in [0.717, 1.165) is 25.3 Å². The Kier molecular flexibility index (Phi) is 6.44. The zero-order valence-electron chi connectivity index (χ0n) is 15.7. The van der Waals surface area contributed by atoms with Gasteiger partial charge in [0.2, 0.25) is 0 Å². The Hall–Kier alpha value is -1.80. The Bertz CT molecular complexity index is 625. The third-order valence-electron chi connectivity index (χ3n) is 4.28. The highest BCUT2D eigenvalue weighted by Crippen LogP contribution is 2.26. The van der Waals surface area contributed by atoms with Gasteiger partial charge >= 0.3 is 0 Å². The molecule has 0 aliphatic heterocycles. The molecule has 2 nitrogen and oxygen atoms in total. The lowest BCUT2D eigenvalue weighted by atomic mass is 9.87. The minimum Gasteiger partial charge on any atom is -0.493 e. The molecule has 0 amide bonds. The number of rotatable bonds is 7. The van der Waals surface area contributed by atoms with Gasteiger partial charge in [0, 0.05) is 18.2 Å². The van der Waals surface area contributed by atoms with E-state index in [1.54, 1.807) is 0 Å². The zero-order chi connectivity index (χ0) is 17.6. The molecule has 0 fully saturated rings. The Morgan fingerprint density at radius 1 is 1.00 bits per heavy atom. The van der Waals surface area contributed by atoms with E-state index in [1.807, 2.05) is 6.07 Å². The van der Waals surface area contributed by atoms with E-state index >= 15 is 0 Å². The van der Waals surface area contributed by atoms with Crippen LogP contribution >= 0.6 is 0 Å². The van der Waals surface area contributed by atoms with Crippen LogP contribution in [0.2, 0.25) is 0 Å². The molecule has 0 aliphatic carbocycles.